The van der Waals surface area contributed by atoms with Crippen molar-refractivity contribution in [1.29, 1.82) is 0 Å². The maximum atomic E-state index is 10.9. The number of aromatic amines is 2. The molecule has 1 aromatic carbocycles. The maximum Gasteiger partial charge on any atom is 0.323 e. The number of nitro benzene ring substituents is 1. The molecule has 0 saturated carbocycles. The van der Waals surface area contributed by atoms with Gasteiger partial charge in [0, 0.05) is 6.07 Å². The molecule has 2 rings (SSSR count). The summed E-state index contributed by atoms with van der Waals surface area (Å²) in [5, 5.41) is 10.6. The van der Waals surface area contributed by atoms with Crippen molar-refractivity contribution in [2.45, 2.75) is 4.90 Å². The SMILES string of the molecule is O=c1[nH]c2cc([N+](=O)[O-])c(S(=O)(=O)[O-])cc2[nH]1. The van der Waals surface area contributed by atoms with E-state index in [9.17, 15) is 27.9 Å². The number of benzene rings is 1. The fraction of sp³-hybridized carbons (Fsp3) is 0. The van der Waals surface area contributed by atoms with Crippen LogP contribution >= 0.6 is 0 Å². The molecule has 90 valence electrons. The molecule has 0 aliphatic rings. The molecule has 9 nitrogen and oxygen atoms in total. The molecule has 2 N–H and O–H groups in total. The zero-order chi connectivity index (χ0) is 12.8. The lowest BCUT2D eigenvalue weighted by molar-refractivity contribution is -0.387. The number of fused-ring (bicyclic) bond motifs is 1. The van der Waals surface area contributed by atoms with Crippen LogP contribution in [0.2, 0.25) is 0 Å². The zero-order valence-corrected chi connectivity index (χ0v) is 8.78. The molecule has 0 aliphatic carbocycles. The summed E-state index contributed by atoms with van der Waals surface area (Å²) in [5.41, 5.74) is -1.47. The van der Waals surface area contributed by atoms with E-state index >= 15 is 0 Å². The van der Waals surface area contributed by atoms with Crippen molar-refractivity contribution in [3.63, 3.8) is 0 Å². The minimum atomic E-state index is -4.99. The van der Waals surface area contributed by atoms with Crippen LogP contribution in [0.15, 0.2) is 21.8 Å². The molecule has 0 aliphatic heterocycles. The Hall–Kier alpha value is -2.20. The molecule has 10 heteroatoms. The lowest BCUT2D eigenvalue weighted by atomic mass is 10.3. The van der Waals surface area contributed by atoms with Crippen LogP contribution < -0.4 is 5.69 Å². The Morgan fingerprint density at radius 3 is 2.18 bits per heavy atom. The molecule has 17 heavy (non-hydrogen) atoms. The van der Waals surface area contributed by atoms with Gasteiger partial charge in [-0.3, -0.25) is 10.1 Å². The number of aromatic nitrogens is 2. The summed E-state index contributed by atoms with van der Waals surface area (Å²) in [5.74, 6) is 0. The molecule has 1 aromatic heterocycles. The van der Waals surface area contributed by atoms with Crippen molar-refractivity contribution in [3.05, 3.63) is 32.7 Å². The summed E-state index contributed by atoms with van der Waals surface area (Å²) in [7, 11) is -4.99. The van der Waals surface area contributed by atoms with Crippen LogP contribution in [0, 0.1) is 10.1 Å². The number of nitrogens with one attached hydrogen (secondary N) is 2. The van der Waals surface area contributed by atoms with Gasteiger partial charge in [-0.2, -0.15) is 0 Å². The summed E-state index contributed by atoms with van der Waals surface area (Å²) < 4.78 is 32.5. The second-order valence-electron chi connectivity index (χ2n) is 3.16. The van der Waals surface area contributed by atoms with Crippen LogP contribution in [0.1, 0.15) is 0 Å². The van der Waals surface area contributed by atoms with Crippen LogP contribution in [-0.4, -0.2) is 27.9 Å². The Kier molecular flexibility index (Phi) is 2.26. The van der Waals surface area contributed by atoms with E-state index < -0.39 is 31.3 Å². The third kappa shape index (κ3) is 1.90. The fourth-order valence-corrected chi connectivity index (χ4v) is 2.05. The summed E-state index contributed by atoms with van der Waals surface area (Å²) in [6.07, 6.45) is 0. The van der Waals surface area contributed by atoms with E-state index in [0.29, 0.717) is 0 Å². The third-order valence-electron chi connectivity index (χ3n) is 2.06. The molecule has 0 radical (unpaired) electrons. The van der Waals surface area contributed by atoms with E-state index in [4.69, 9.17) is 0 Å². The standard InChI is InChI=1S/C7H5N3O6S/c11-7-8-3-1-5(10(12)13)6(17(14,15)16)2-4(3)9-7/h1-2H,(H2,8,9,11)(H,14,15,16)/p-1. The maximum absolute atomic E-state index is 10.9. The van der Waals surface area contributed by atoms with Gasteiger partial charge in [-0.15, -0.1) is 0 Å². The van der Waals surface area contributed by atoms with Gasteiger partial charge in [-0.25, -0.2) is 13.2 Å². The summed E-state index contributed by atoms with van der Waals surface area (Å²) in [4.78, 5) is 24.0. The average Bonchev–Trinajstić information content (AvgIpc) is 2.53. The Bertz CT molecular complexity index is 770. The fourth-order valence-electron chi connectivity index (χ4n) is 1.39. The van der Waals surface area contributed by atoms with Crippen LogP contribution in [0.25, 0.3) is 11.0 Å². The topological polar surface area (TPSA) is 149 Å². The predicted octanol–water partition coefficient (Wildman–Crippen LogP) is -0.332. The Balaban J connectivity index is 2.94. The second kappa shape index (κ2) is 3.40. The number of rotatable bonds is 2. The average molecular weight is 258 g/mol. The lowest BCUT2D eigenvalue weighted by Crippen LogP contribution is -2.03. The number of nitro groups is 1. The largest absolute Gasteiger partial charge is 0.744 e. The molecule has 0 bridgehead atoms. The van der Waals surface area contributed by atoms with E-state index in [1.165, 1.54) is 0 Å². The monoisotopic (exact) mass is 258 g/mol. The van der Waals surface area contributed by atoms with Crippen LogP contribution in [-0.2, 0) is 10.1 Å². The van der Waals surface area contributed by atoms with Gasteiger partial charge in [-0.05, 0) is 6.07 Å². The van der Waals surface area contributed by atoms with Gasteiger partial charge in [0.1, 0.15) is 15.0 Å². The second-order valence-corrected chi connectivity index (χ2v) is 4.50. The van der Waals surface area contributed by atoms with E-state index in [0.717, 1.165) is 12.1 Å². The Morgan fingerprint density at radius 1 is 1.18 bits per heavy atom. The minimum Gasteiger partial charge on any atom is -0.744 e. The smallest absolute Gasteiger partial charge is 0.323 e. The Morgan fingerprint density at radius 2 is 1.71 bits per heavy atom. The summed E-state index contributed by atoms with van der Waals surface area (Å²) in [6, 6.07) is 1.58. The van der Waals surface area contributed by atoms with Crippen molar-refractivity contribution in [2.75, 3.05) is 0 Å². The number of nitrogens with zero attached hydrogens (tertiary/aromatic N) is 1. The predicted molar refractivity (Wildman–Crippen MR) is 53.5 cm³/mol. The van der Waals surface area contributed by atoms with Crippen molar-refractivity contribution in [1.82, 2.24) is 9.97 Å². The van der Waals surface area contributed by atoms with Gasteiger partial charge in [0.05, 0.1) is 16.0 Å². The van der Waals surface area contributed by atoms with Crippen LogP contribution in [0.3, 0.4) is 0 Å². The highest BCUT2D eigenvalue weighted by atomic mass is 32.2. The van der Waals surface area contributed by atoms with Gasteiger partial charge >= 0.3 is 5.69 Å². The molecule has 0 fully saturated rings. The highest BCUT2D eigenvalue weighted by molar-refractivity contribution is 7.85. The Labute approximate surface area is 93.0 Å². The summed E-state index contributed by atoms with van der Waals surface area (Å²) >= 11 is 0. The van der Waals surface area contributed by atoms with E-state index in [1.807, 2.05) is 0 Å². The normalized spacial score (nSPS) is 11.8. The van der Waals surface area contributed by atoms with Crippen molar-refractivity contribution < 1.29 is 17.9 Å². The zero-order valence-electron chi connectivity index (χ0n) is 7.96. The first-order valence-electron chi connectivity index (χ1n) is 4.15. The number of hydrogen-bond donors (Lipinski definition) is 2. The third-order valence-corrected chi connectivity index (χ3v) is 2.93. The van der Waals surface area contributed by atoms with E-state index in [1.54, 1.807) is 0 Å². The van der Waals surface area contributed by atoms with Gasteiger partial charge in [0.25, 0.3) is 5.69 Å². The number of hydrogen-bond acceptors (Lipinski definition) is 6. The first kappa shape index (κ1) is 11.3. The quantitative estimate of drug-likeness (QED) is 0.427. The molecular formula is C7H4N3O6S-. The van der Waals surface area contributed by atoms with E-state index in [2.05, 4.69) is 9.97 Å². The van der Waals surface area contributed by atoms with Gasteiger partial charge in [-0.1, -0.05) is 0 Å². The molecule has 0 unspecified atom stereocenters. The minimum absolute atomic E-state index is 0.00928. The van der Waals surface area contributed by atoms with Crippen molar-refractivity contribution >= 4 is 26.8 Å². The first-order chi connectivity index (χ1) is 7.79. The molecule has 2 aromatic rings. The van der Waals surface area contributed by atoms with Crippen molar-refractivity contribution in [3.8, 4) is 0 Å². The number of H-pyrrole nitrogens is 2. The van der Waals surface area contributed by atoms with Crippen molar-refractivity contribution in [2.24, 2.45) is 0 Å². The molecule has 0 amide bonds. The molecule has 0 atom stereocenters. The highest BCUT2D eigenvalue weighted by Crippen LogP contribution is 2.26. The molecule has 0 spiro atoms. The number of imidazole rings is 1. The van der Waals surface area contributed by atoms with Crippen LogP contribution in [0.5, 0.6) is 0 Å². The highest BCUT2D eigenvalue weighted by Gasteiger charge is 2.20. The molecule has 1 heterocycles. The molecule has 0 saturated heterocycles. The first-order valence-corrected chi connectivity index (χ1v) is 5.56. The van der Waals surface area contributed by atoms with E-state index in [-0.39, 0.29) is 11.0 Å². The summed E-state index contributed by atoms with van der Waals surface area (Å²) in [6.45, 7) is 0. The van der Waals surface area contributed by atoms with Gasteiger partial charge in [0.2, 0.25) is 0 Å². The molecular weight excluding hydrogens is 254 g/mol. The van der Waals surface area contributed by atoms with Crippen LogP contribution in [0.4, 0.5) is 5.69 Å². The van der Waals surface area contributed by atoms with Gasteiger partial charge in [0.15, 0.2) is 0 Å². The lowest BCUT2D eigenvalue weighted by Gasteiger charge is -2.07. The van der Waals surface area contributed by atoms with Gasteiger partial charge < -0.3 is 14.5 Å².